The summed E-state index contributed by atoms with van der Waals surface area (Å²) in [5.41, 5.74) is 1.62. The Morgan fingerprint density at radius 1 is 1.28 bits per heavy atom. The summed E-state index contributed by atoms with van der Waals surface area (Å²) in [6, 6.07) is 9.89. The zero-order valence-electron chi connectivity index (χ0n) is 9.81. The number of hydrogen-bond acceptors (Lipinski definition) is 4. The lowest BCUT2D eigenvalue weighted by Crippen LogP contribution is -2.04. The zero-order chi connectivity index (χ0) is 13.0. The Labute approximate surface area is 104 Å². The number of nitrogens with one attached hydrogen (secondary N) is 1. The minimum Gasteiger partial charge on any atom is -0.364 e. The van der Waals surface area contributed by atoms with E-state index < -0.39 is 5.82 Å². The number of nitrogens with zero attached hydrogens (tertiary/aromatic N) is 3. The molecular formula is C13H11FN4. The lowest BCUT2D eigenvalue weighted by Gasteiger charge is -2.06. The topological polar surface area (TPSA) is 61.6 Å². The predicted molar refractivity (Wildman–Crippen MR) is 65.2 cm³/mol. The normalized spacial score (nSPS) is 9.83. The Morgan fingerprint density at radius 3 is 2.72 bits per heavy atom. The number of rotatable bonds is 3. The summed E-state index contributed by atoms with van der Waals surface area (Å²) < 4.78 is 13.6. The number of hydrogen-bond donors (Lipinski definition) is 1. The fourth-order valence-electron chi connectivity index (χ4n) is 1.44. The summed E-state index contributed by atoms with van der Waals surface area (Å²) in [5, 5.41) is 19.4. The molecule has 5 heteroatoms. The molecule has 0 atom stereocenters. The van der Waals surface area contributed by atoms with Crippen LogP contribution in [0.25, 0.3) is 0 Å². The second-order valence-corrected chi connectivity index (χ2v) is 3.83. The van der Waals surface area contributed by atoms with Gasteiger partial charge < -0.3 is 5.32 Å². The second-order valence-electron chi connectivity index (χ2n) is 3.83. The molecule has 0 saturated carbocycles. The third kappa shape index (κ3) is 2.80. The van der Waals surface area contributed by atoms with Gasteiger partial charge in [0.2, 0.25) is 0 Å². The fraction of sp³-hybridized carbons (Fsp3) is 0.154. The Kier molecular flexibility index (Phi) is 3.49. The third-order valence-corrected chi connectivity index (χ3v) is 2.44. The van der Waals surface area contributed by atoms with E-state index >= 15 is 0 Å². The van der Waals surface area contributed by atoms with Gasteiger partial charge in [0.15, 0.2) is 0 Å². The monoisotopic (exact) mass is 242 g/mol. The quantitative estimate of drug-likeness (QED) is 0.897. The number of halogens is 1. The average molecular weight is 242 g/mol. The molecule has 18 heavy (non-hydrogen) atoms. The molecule has 1 aromatic heterocycles. The number of aryl methyl sites for hydroxylation is 1. The molecule has 0 aliphatic heterocycles. The van der Waals surface area contributed by atoms with Crippen LogP contribution in [0.5, 0.6) is 0 Å². The highest BCUT2D eigenvalue weighted by molar-refractivity contribution is 5.37. The maximum atomic E-state index is 13.6. The van der Waals surface area contributed by atoms with Crippen molar-refractivity contribution in [1.29, 1.82) is 5.26 Å². The summed E-state index contributed by atoms with van der Waals surface area (Å²) in [6.45, 7) is 2.15. The highest BCUT2D eigenvalue weighted by atomic mass is 19.1. The van der Waals surface area contributed by atoms with E-state index in [0.29, 0.717) is 23.5 Å². The van der Waals surface area contributed by atoms with Crippen molar-refractivity contribution >= 4 is 5.82 Å². The molecule has 0 radical (unpaired) electrons. The van der Waals surface area contributed by atoms with Gasteiger partial charge in [-0.3, -0.25) is 0 Å². The van der Waals surface area contributed by atoms with Crippen LogP contribution in [0.1, 0.15) is 16.8 Å². The number of aromatic nitrogens is 2. The Balaban J connectivity index is 2.06. The summed E-state index contributed by atoms with van der Waals surface area (Å²) in [5.74, 6) is 0.186. The fourth-order valence-corrected chi connectivity index (χ4v) is 1.44. The molecule has 0 aliphatic carbocycles. The highest BCUT2D eigenvalue weighted by Crippen LogP contribution is 2.12. The molecule has 2 aromatic rings. The van der Waals surface area contributed by atoms with Crippen LogP contribution < -0.4 is 5.32 Å². The average Bonchev–Trinajstić information content (AvgIpc) is 2.39. The number of nitriles is 1. The van der Waals surface area contributed by atoms with Crippen LogP contribution in [-0.4, -0.2) is 10.2 Å². The second kappa shape index (κ2) is 5.23. The third-order valence-electron chi connectivity index (χ3n) is 2.44. The summed E-state index contributed by atoms with van der Waals surface area (Å²) >= 11 is 0. The minimum absolute atomic E-state index is 0.301. The van der Waals surface area contributed by atoms with Gasteiger partial charge in [0.05, 0.1) is 17.3 Å². The van der Waals surface area contributed by atoms with E-state index in [1.54, 1.807) is 18.2 Å². The van der Waals surface area contributed by atoms with E-state index in [1.807, 2.05) is 19.1 Å². The van der Waals surface area contributed by atoms with E-state index in [1.165, 1.54) is 6.07 Å². The lowest BCUT2D eigenvalue weighted by molar-refractivity contribution is 0.612. The van der Waals surface area contributed by atoms with Crippen molar-refractivity contribution in [2.45, 2.75) is 13.5 Å². The standard InChI is InChI=1S/C13H11FN4/c1-9-2-5-13(18-17-9)16-8-11-4-3-10(7-15)6-12(11)14/h2-6H,8H2,1H3,(H,16,18). The first kappa shape index (κ1) is 12.0. The van der Waals surface area contributed by atoms with Crippen molar-refractivity contribution in [2.75, 3.05) is 5.32 Å². The summed E-state index contributed by atoms with van der Waals surface area (Å²) in [7, 11) is 0. The van der Waals surface area contributed by atoms with Gasteiger partial charge in [-0.1, -0.05) is 6.07 Å². The van der Waals surface area contributed by atoms with E-state index in [0.717, 1.165) is 5.69 Å². The van der Waals surface area contributed by atoms with Crippen molar-refractivity contribution in [3.05, 3.63) is 53.0 Å². The Morgan fingerprint density at radius 2 is 2.11 bits per heavy atom. The van der Waals surface area contributed by atoms with Crippen molar-refractivity contribution in [3.8, 4) is 6.07 Å². The first-order valence-corrected chi connectivity index (χ1v) is 5.42. The number of benzene rings is 1. The van der Waals surface area contributed by atoms with Crippen LogP contribution in [0.2, 0.25) is 0 Å². The predicted octanol–water partition coefficient (Wildman–Crippen LogP) is 2.41. The molecule has 1 N–H and O–H groups in total. The summed E-state index contributed by atoms with van der Waals surface area (Å²) in [4.78, 5) is 0. The molecule has 0 amide bonds. The summed E-state index contributed by atoms with van der Waals surface area (Å²) in [6.07, 6.45) is 0. The Hall–Kier alpha value is -2.48. The number of anilines is 1. The largest absolute Gasteiger partial charge is 0.364 e. The van der Waals surface area contributed by atoms with Gasteiger partial charge in [0.25, 0.3) is 0 Å². The van der Waals surface area contributed by atoms with E-state index in [9.17, 15) is 4.39 Å². The highest BCUT2D eigenvalue weighted by Gasteiger charge is 2.03. The molecule has 0 aliphatic rings. The smallest absolute Gasteiger partial charge is 0.148 e. The molecule has 90 valence electrons. The van der Waals surface area contributed by atoms with E-state index in [2.05, 4.69) is 15.5 Å². The molecule has 0 spiro atoms. The first-order valence-electron chi connectivity index (χ1n) is 5.42. The molecule has 2 rings (SSSR count). The van der Waals surface area contributed by atoms with Crippen LogP contribution in [0, 0.1) is 24.1 Å². The molecule has 1 heterocycles. The van der Waals surface area contributed by atoms with Gasteiger partial charge in [-0.25, -0.2) is 4.39 Å². The van der Waals surface area contributed by atoms with Gasteiger partial charge in [-0.05, 0) is 31.2 Å². The molecular weight excluding hydrogens is 231 g/mol. The Bertz CT molecular complexity index is 587. The molecule has 4 nitrogen and oxygen atoms in total. The van der Waals surface area contributed by atoms with Crippen LogP contribution in [0.3, 0.4) is 0 Å². The molecule has 0 fully saturated rings. The van der Waals surface area contributed by atoms with Crippen LogP contribution in [0.4, 0.5) is 10.2 Å². The van der Waals surface area contributed by atoms with Crippen LogP contribution in [-0.2, 0) is 6.54 Å². The van der Waals surface area contributed by atoms with Crippen molar-refractivity contribution < 1.29 is 4.39 Å². The molecule has 0 bridgehead atoms. The maximum absolute atomic E-state index is 13.6. The van der Waals surface area contributed by atoms with E-state index in [-0.39, 0.29) is 0 Å². The van der Waals surface area contributed by atoms with Gasteiger partial charge in [0.1, 0.15) is 11.6 Å². The van der Waals surface area contributed by atoms with Crippen LogP contribution in [0.15, 0.2) is 30.3 Å². The van der Waals surface area contributed by atoms with Crippen LogP contribution >= 0.6 is 0 Å². The minimum atomic E-state index is -0.401. The molecule has 1 aromatic carbocycles. The maximum Gasteiger partial charge on any atom is 0.148 e. The van der Waals surface area contributed by atoms with Crippen molar-refractivity contribution in [2.24, 2.45) is 0 Å². The zero-order valence-corrected chi connectivity index (χ0v) is 9.81. The SMILES string of the molecule is Cc1ccc(NCc2ccc(C#N)cc2F)nn1. The lowest BCUT2D eigenvalue weighted by atomic mass is 10.1. The van der Waals surface area contributed by atoms with Gasteiger partial charge in [-0.15, -0.1) is 5.10 Å². The molecule has 0 saturated heterocycles. The van der Waals surface area contributed by atoms with Gasteiger partial charge in [0, 0.05) is 12.1 Å². The van der Waals surface area contributed by atoms with Crippen molar-refractivity contribution in [3.63, 3.8) is 0 Å². The van der Waals surface area contributed by atoms with Gasteiger partial charge >= 0.3 is 0 Å². The van der Waals surface area contributed by atoms with Crippen molar-refractivity contribution in [1.82, 2.24) is 10.2 Å². The first-order chi connectivity index (χ1) is 8.69. The van der Waals surface area contributed by atoms with E-state index in [4.69, 9.17) is 5.26 Å². The van der Waals surface area contributed by atoms with Gasteiger partial charge in [-0.2, -0.15) is 10.4 Å². The molecule has 0 unspecified atom stereocenters.